The van der Waals surface area contributed by atoms with Crippen molar-refractivity contribution in [3.63, 3.8) is 0 Å². The van der Waals surface area contributed by atoms with Crippen molar-refractivity contribution in [3.8, 4) is 6.07 Å². The average molecular weight is 316 g/mol. The van der Waals surface area contributed by atoms with Crippen LogP contribution in [0.5, 0.6) is 0 Å². The van der Waals surface area contributed by atoms with Crippen molar-refractivity contribution in [2.45, 2.75) is 37.3 Å². The minimum atomic E-state index is -0.515. The summed E-state index contributed by atoms with van der Waals surface area (Å²) in [5.74, 6) is 0.201. The van der Waals surface area contributed by atoms with Gasteiger partial charge in [0.05, 0.1) is 16.5 Å². The molecule has 0 bridgehead atoms. The van der Waals surface area contributed by atoms with E-state index in [1.807, 2.05) is 6.92 Å². The van der Waals surface area contributed by atoms with Gasteiger partial charge in [0.25, 0.3) is 0 Å². The summed E-state index contributed by atoms with van der Waals surface area (Å²) in [6.07, 6.45) is 1.27. The second kappa shape index (κ2) is 5.65. The molecule has 2 aliphatic rings. The fraction of sp³-hybridized carbons (Fsp3) is 0.438. The summed E-state index contributed by atoms with van der Waals surface area (Å²) in [5, 5.41) is 9.04. The normalized spacial score (nSPS) is 26.6. The first-order chi connectivity index (χ1) is 10.5. The van der Waals surface area contributed by atoms with E-state index in [1.165, 1.54) is 0 Å². The highest BCUT2D eigenvalue weighted by atomic mass is 32.2. The standard InChI is InChI=1S/C16H16N2O3S/c1-16-7-6-14(19)18(16)13(10-22-16)15(20)21-9-12-5-3-2-4-11(12)8-17/h2-5,13H,6-7,9-10H2,1H3/t13-,16+/m0/s1. The smallest absolute Gasteiger partial charge is 0.330 e. The molecule has 114 valence electrons. The Hall–Kier alpha value is -2.00. The van der Waals surface area contributed by atoms with Crippen molar-refractivity contribution in [1.82, 2.24) is 4.90 Å². The van der Waals surface area contributed by atoms with E-state index in [2.05, 4.69) is 6.07 Å². The van der Waals surface area contributed by atoms with Crippen LogP contribution in [0, 0.1) is 11.3 Å². The van der Waals surface area contributed by atoms with E-state index in [1.54, 1.807) is 40.9 Å². The Morgan fingerprint density at radius 2 is 2.32 bits per heavy atom. The number of carbonyl (C=O) groups is 2. The molecule has 0 saturated carbocycles. The highest BCUT2D eigenvalue weighted by Crippen LogP contribution is 2.47. The van der Waals surface area contributed by atoms with Crippen LogP contribution in [0.25, 0.3) is 0 Å². The lowest BCUT2D eigenvalue weighted by Crippen LogP contribution is -2.46. The molecular formula is C16H16N2O3S. The van der Waals surface area contributed by atoms with E-state index in [0.29, 0.717) is 23.3 Å². The number of rotatable bonds is 3. The second-order valence-electron chi connectivity index (χ2n) is 5.64. The summed E-state index contributed by atoms with van der Waals surface area (Å²) in [4.78, 5) is 25.8. The van der Waals surface area contributed by atoms with Crippen LogP contribution in [-0.2, 0) is 20.9 Å². The van der Waals surface area contributed by atoms with Gasteiger partial charge in [-0.05, 0) is 19.4 Å². The number of fused-ring (bicyclic) bond motifs is 1. The topological polar surface area (TPSA) is 70.4 Å². The van der Waals surface area contributed by atoms with E-state index in [-0.39, 0.29) is 23.4 Å². The Kier molecular flexibility index (Phi) is 3.83. The molecule has 2 atom stereocenters. The molecule has 0 spiro atoms. The molecule has 0 aromatic heterocycles. The zero-order valence-corrected chi connectivity index (χ0v) is 13.1. The van der Waals surface area contributed by atoms with Gasteiger partial charge < -0.3 is 9.64 Å². The Morgan fingerprint density at radius 1 is 1.55 bits per heavy atom. The third kappa shape index (κ3) is 2.46. The zero-order chi connectivity index (χ0) is 15.7. The summed E-state index contributed by atoms with van der Waals surface area (Å²) in [7, 11) is 0. The van der Waals surface area contributed by atoms with E-state index in [0.717, 1.165) is 6.42 Å². The largest absolute Gasteiger partial charge is 0.459 e. The molecule has 0 unspecified atom stereocenters. The molecule has 2 aliphatic heterocycles. The molecule has 1 amide bonds. The van der Waals surface area contributed by atoms with E-state index in [9.17, 15) is 9.59 Å². The number of ether oxygens (including phenoxy) is 1. The van der Waals surface area contributed by atoms with Gasteiger partial charge in [-0.1, -0.05) is 18.2 Å². The maximum absolute atomic E-state index is 12.3. The van der Waals surface area contributed by atoms with Gasteiger partial charge in [-0.25, -0.2) is 4.79 Å². The molecule has 0 N–H and O–H groups in total. The lowest BCUT2D eigenvalue weighted by molar-refractivity contribution is -0.154. The molecule has 5 nitrogen and oxygen atoms in total. The molecule has 0 radical (unpaired) electrons. The van der Waals surface area contributed by atoms with E-state index < -0.39 is 6.04 Å². The lowest BCUT2D eigenvalue weighted by atomic mass is 10.1. The van der Waals surface area contributed by atoms with Crippen LogP contribution in [0.15, 0.2) is 24.3 Å². The zero-order valence-electron chi connectivity index (χ0n) is 12.2. The molecule has 6 heteroatoms. The summed E-state index contributed by atoms with van der Waals surface area (Å²) in [6.45, 7) is 2.06. The van der Waals surface area contributed by atoms with Crippen molar-refractivity contribution in [1.29, 1.82) is 5.26 Å². The van der Waals surface area contributed by atoms with Crippen LogP contribution in [0.3, 0.4) is 0 Å². The number of hydrogen-bond donors (Lipinski definition) is 0. The van der Waals surface area contributed by atoms with Crippen molar-refractivity contribution >= 4 is 23.6 Å². The van der Waals surface area contributed by atoms with Gasteiger partial charge in [0.15, 0.2) is 0 Å². The summed E-state index contributed by atoms with van der Waals surface area (Å²) in [6, 6.07) is 8.59. The SMILES string of the molecule is C[C@@]12CCC(=O)N1[C@H](C(=O)OCc1ccccc1C#N)CS2. The Balaban J connectivity index is 1.68. The van der Waals surface area contributed by atoms with Gasteiger partial charge in [-0.15, -0.1) is 11.8 Å². The van der Waals surface area contributed by atoms with Crippen LogP contribution in [0.1, 0.15) is 30.9 Å². The fourth-order valence-electron chi connectivity index (χ4n) is 3.00. The summed E-state index contributed by atoms with van der Waals surface area (Å²) < 4.78 is 5.36. The molecular weight excluding hydrogens is 300 g/mol. The van der Waals surface area contributed by atoms with Gasteiger partial charge in [0, 0.05) is 17.7 Å². The first-order valence-electron chi connectivity index (χ1n) is 7.16. The maximum Gasteiger partial charge on any atom is 0.330 e. The quantitative estimate of drug-likeness (QED) is 0.798. The van der Waals surface area contributed by atoms with Crippen LogP contribution < -0.4 is 0 Å². The molecule has 2 fully saturated rings. The molecule has 22 heavy (non-hydrogen) atoms. The molecule has 1 aromatic carbocycles. The monoisotopic (exact) mass is 316 g/mol. The predicted octanol–water partition coefficient (Wildman–Crippen LogP) is 2.06. The number of benzene rings is 1. The number of esters is 1. The highest BCUT2D eigenvalue weighted by Gasteiger charge is 2.53. The minimum Gasteiger partial charge on any atom is -0.459 e. The van der Waals surface area contributed by atoms with Gasteiger partial charge in [0.2, 0.25) is 5.91 Å². The van der Waals surface area contributed by atoms with Gasteiger partial charge in [-0.2, -0.15) is 5.26 Å². The van der Waals surface area contributed by atoms with Crippen LogP contribution in [0.4, 0.5) is 0 Å². The van der Waals surface area contributed by atoms with Gasteiger partial charge >= 0.3 is 5.97 Å². The number of nitriles is 1. The van der Waals surface area contributed by atoms with Gasteiger partial charge in [-0.3, -0.25) is 4.79 Å². The highest BCUT2D eigenvalue weighted by molar-refractivity contribution is 8.01. The molecule has 1 aromatic rings. The molecule has 2 heterocycles. The van der Waals surface area contributed by atoms with E-state index in [4.69, 9.17) is 10.00 Å². The lowest BCUT2D eigenvalue weighted by Gasteiger charge is -2.29. The molecule has 0 aliphatic carbocycles. The number of carbonyl (C=O) groups excluding carboxylic acids is 2. The Morgan fingerprint density at radius 3 is 3.09 bits per heavy atom. The third-order valence-electron chi connectivity index (χ3n) is 4.22. The fourth-order valence-corrected chi connectivity index (χ4v) is 4.41. The first kappa shape index (κ1) is 14.9. The van der Waals surface area contributed by atoms with Crippen molar-refractivity contribution in [2.75, 3.05) is 5.75 Å². The number of amides is 1. The van der Waals surface area contributed by atoms with Crippen molar-refractivity contribution < 1.29 is 14.3 Å². The molecule has 3 rings (SSSR count). The Labute approximate surface area is 133 Å². The summed E-state index contributed by atoms with van der Waals surface area (Å²) >= 11 is 1.64. The average Bonchev–Trinajstić information content (AvgIpc) is 3.02. The van der Waals surface area contributed by atoms with Gasteiger partial charge in [0.1, 0.15) is 12.6 Å². The molecule has 2 saturated heterocycles. The maximum atomic E-state index is 12.3. The van der Waals surface area contributed by atoms with E-state index >= 15 is 0 Å². The van der Waals surface area contributed by atoms with Crippen LogP contribution in [0.2, 0.25) is 0 Å². The van der Waals surface area contributed by atoms with Crippen molar-refractivity contribution in [2.24, 2.45) is 0 Å². The first-order valence-corrected chi connectivity index (χ1v) is 8.14. The van der Waals surface area contributed by atoms with Crippen LogP contribution >= 0.6 is 11.8 Å². The number of thioether (sulfide) groups is 1. The number of hydrogen-bond acceptors (Lipinski definition) is 5. The summed E-state index contributed by atoms with van der Waals surface area (Å²) in [5.41, 5.74) is 1.18. The number of nitrogens with zero attached hydrogens (tertiary/aromatic N) is 2. The third-order valence-corrected chi connectivity index (χ3v) is 5.73. The minimum absolute atomic E-state index is 0.0203. The second-order valence-corrected chi connectivity index (χ2v) is 7.14. The van der Waals surface area contributed by atoms with Crippen LogP contribution in [-0.4, -0.2) is 33.4 Å². The van der Waals surface area contributed by atoms with Crippen molar-refractivity contribution in [3.05, 3.63) is 35.4 Å². The predicted molar refractivity (Wildman–Crippen MR) is 81.7 cm³/mol. The Bertz CT molecular complexity index is 670.